The van der Waals surface area contributed by atoms with Gasteiger partial charge in [0.15, 0.2) is 34.7 Å². The maximum atomic E-state index is 13.9. The van der Waals surface area contributed by atoms with Crippen LogP contribution >= 0.6 is 11.6 Å². The molecule has 4 aliphatic rings. The molecule has 6 unspecified atom stereocenters. The third-order valence-electron chi connectivity index (χ3n) is 9.66. The van der Waals surface area contributed by atoms with E-state index in [2.05, 4.69) is 4.90 Å². The summed E-state index contributed by atoms with van der Waals surface area (Å²) < 4.78 is 5.33. The molecule has 2 fully saturated rings. The average molecular weight is 610 g/mol. The number of aliphatic hydroxyl groups is 1. The minimum atomic E-state index is -2.76. The van der Waals surface area contributed by atoms with E-state index in [1.54, 1.807) is 21.2 Å². The van der Waals surface area contributed by atoms with E-state index in [1.807, 2.05) is 18.2 Å². The van der Waals surface area contributed by atoms with Gasteiger partial charge in [-0.2, -0.15) is 0 Å². The molecule has 3 aliphatic carbocycles. The molecule has 0 bridgehead atoms. The summed E-state index contributed by atoms with van der Waals surface area (Å²) in [7, 11) is 4.70. The first-order chi connectivity index (χ1) is 20.3. The largest absolute Gasteiger partial charge is 0.507 e. The molecule has 0 saturated heterocycles. The third-order valence-corrected chi connectivity index (χ3v) is 10.1. The van der Waals surface area contributed by atoms with Crippen LogP contribution in [0, 0.1) is 23.7 Å². The summed E-state index contributed by atoms with van der Waals surface area (Å²) in [4.78, 5) is 70.2. The molecule has 1 heterocycles. The van der Waals surface area contributed by atoms with Gasteiger partial charge in [0.2, 0.25) is 5.91 Å². The van der Waals surface area contributed by atoms with E-state index in [-0.39, 0.29) is 24.2 Å². The number of primary amides is 1. The van der Waals surface area contributed by atoms with Crippen molar-refractivity contribution in [1.29, 1.82) is 0 Å². The second-order valence-electron chi connectivity index (χ2n) is 12.3. The smallest absolute Gasteiger partial charge is 0.235 e. The van der Waals surface area contributed by atoms with Gasteiger partial charge in [0, 0.05) is 30.6 Å². The van der Waals surface area contributed by atoms with E-state index >= 15 is 0 Å². The van der Waals surface area contributed by atoms with Crippen molar-refractivity contribution < 1.29 is 38.9 Å². The van der Waals surface area contributed by atoms with Crippen molar-refractivity contribution in [1.82, 2.24) is 9.80 Å². The fraction of sp³-hybridized carbons (Fsp3) is 0.452. The summed E-state index contributed by atoms with van der Waals surface area (Å²) in [6.07, 6.45) is 0.0813. The van der Waals surface area contributed by atoms with Gasteiger partial charge in [-0.1, -0.05) is 17.7 Å². The molecule has 12 heteroatoms. The van der Waals surface area contributed by atoms with E-state index in [1.165, 1.54) is 11.0 Å². The molecular formula is C31H32ClN3O8. The molecule has 2 saturated carbocycles. The van der Waals surface area contributed by atoms with Crippen molar-refractivity contribution in [3.63, 3.8) is 0 Å². The minimum Gasteiger partial charge on any atom is -0.507 e. The number of nitrogens with zero attached hydrogens (tertiary/aromatic N) is 2. The quantitative estimate of drug-likeness (QED) is 0.417. The fourth-order valence-electron chi connectivity index (χ4n) is 7.74. The number of phenols is 1. The number of amides is 1. The highest BCUT2D eigenvalue weighted by atomic mass is 35.5. The van der Waals surface area contributed by atoms with Crippen molar-refractivity contribution in [2.45, 2.75) is 44.1 Å². The Balaban J connectivity index is 1.35. The van der Waals surface area contributed by atoms with Crippen LogP contribution in [0.5, 0.6) is 11.5 Å². The predicted octanol–water partition coefficient (Wildman–Crippen LogP) is 1.04. The number of carbonyl (C=O) groups is 5. The second kappa shape index (κ2) is 10.2. The summed E-state index contributed by atoms with van der Waals surface area (Å²) >= 11 is 6.90. The van der Waals surface area contributed by atoms with E-state index in [0.29, 0.717) is 35.8 Å². The minimum absolute atomic E-state index is 0.0333. The SMILES string of the molecule is COc1ccc2c(c1)CN(Cc1cc(O)c3c(c1Cl)CC1CC4C(N(C)C)C(=O)C(C(N)=O)C(=O)C4(O)C(=O)C1C3=O)C2. The number of hydrogen-bond acceptors (Lipinski definition) is 10. The molecule has 2 aromatic rings. The highest BCUT2D eigenvalue weighted by Crippen LogP contribution is 2.52. The zero-order valence-corrected chi connectivity index (χ0v) is 24.7. The first kappa shape index (κ1) is 29.4. The van der Waals surface area contributed by atoms with Gasteiger partial charge in [0.1, 0.15) is 11.5 Å². The molecular weight excluding hydrogens is 578 g/mol. The number of halogens is 1. The van der Waals surface area contributed by atoms with Crippen LogP contribution in [0.4, 0.5) is 0 Å². The molecule has 0 spiro atoms. The second-order valence-corrected chi connectivity index (χ2v) is 12.7. The zero-order valence-electron chi connectivity index (χ0n) is 23.9. The van der Waals surface area contributed by atoms with E-state index in [9.17, 15) is 34.2 Å². The van der Waals surface area contributed by atoms with Crippen LogP contribution in [-0.4, -0.2) is 81.9 Å². The number of likely N-dealkylation sites (N-methyl/N-ethyl adjacent to an activating group) is 1. The summed E-state index contributed by atoms with van der Waals surface area (Å²) in [6, 6.07) is 6.15. The van der Waals surface area contributed by atoms with Crippen LogP contribution < -0.4 is 10.5 Å². The van der Waals surface area contributed by atoms with Crippen LogP contribution in [-0.2, 0) is 45.2 Å². The van der Waals surface area contributed by atoms with Gasteiger partial charge in [0.25, 0.3) is 0 Å². The van der Waals surface area contributed by atoms with Gasteiger partial charge in [-0.25, -0.2) is 0 Å². The van der Waals surface area contributed by atoms with Crippen LogP contribution in [0.1, 0.15) is 39.0 Å². The molecule has 0 radical (unpaired) electrons. The Morgan fingerprint density at radius 3 is 2.49 bits per heavy atom. The lowest BCUT2D eigenvalue weighted by Gasteiger charge is -2.52. The van der Waals surface area contributed by atoms with Gasteiger partial charge in [0.05, 0.1) is 24.6 Å². The molecule has 43 heavy (non-hydrogen) atoms. The Hall–Kier alpha value is -3.64. The summed E-state index contributed by atoms with van der Waals surface area (Å²) in [5.41, 5.74) is 5.76. The predicted molar refractivity (Wildman–Crippen MR) is 152 cm³/mol. The molecule has 226 valence electrons. The topological polar surface area (TPSA) is 168 Å². The number of carbonyl (C=O) groups excluding carboxylic acids is 5. The Labute approximate surface area is 252 Å². The lowest BCUT2D eigenvalue weighted by Crippen LogP contribution is -2.74. The summed E-state index contributed by atoms with van der Waals surface area (Å²) in [5, 5.41) is 23.1. The third kappa shape index (κ3) is 4.24. The highest BCUT2D eigenvalue weighted by Gasteiger charge is 2.69. The van der Waals surface area contributed by atoms with E-state index in [4.69, 9.17) is 22.1 Å². The number of benzene rings is 2. The van der Waals surface area contributed by atoms with Gasteiger partial charge in [-0.3, -0.25) is 33.8 Å². The lowest BCUT2D eigenvalue weighted by molar-refractivity contribution is -0.181. The first-order valence-electron chi connectivity index (χ1n) is 14.1. The van der Waals surface area contributed by atoms with Gasteiger partial charge < -0.3 is 20.7 Å². The first-order valence-corrected chi connectivity index (χ1v) is 14.4. The van der Waals surface area contributed by atoms with E-state index in [0.717, 1.165) is 16.9 Å². The Bertz CT molecular complexity index is 1620. The molecule has 0 aromatic heterocycles. The van der Waals surface area contributed by atoms with E-state index < -0.39 is 64.4 Å². The highest BCUT2D eigenvalue weighted by molar-refractivity contribution is 6.34. The number of aromatic hydroxyl groups is 1. The number of ether oxygens (including phenoxy) is 1. The van der Waals surface area contributed by atoms with Crippen molar-refractivity contribution in [2.24, 2.45) is 29.4 Å². The number of ketones is 4. The number of Topliss-reactive ketones (excluding diaryl/α,β-unsaturated/α-hetero) is 4. The van der Waals surface area contributed by atoms with Crippen molar-refractivity contribution in [3.05, 3.63) is 57.1 Å². The van der Waals surface area contributed by atoms with Crippen LogP contribution in [0.2, 0.25) is 5.02 Å². The normalized spacial score (nSPS) is 30.1. The van der Waals surface area contributed by atoms with Gasteiger partial charge >= 0.3 is 0 Å². The van der Waals surface area contributed by atoms with Gasteiger partial charge in [-0.15, -0.1) is 0 Å². The molecule has 6 rings (SSSR count). The zero-order chi connectivity index (χ0) is 31.1. The molecule has 11 nitrogen and oxygen atoms in total. The number of phenolic OH excluding ortho intramolecular Hbond substituents is 1. The Morgan fingerprint density at radius 1 is 1.14 bits per heavy atom. The van der Waals surface area contributed by atoms with Crippen molar-refractivity contribution in [3.8, 4) is 11.5 Å². The standard InChI is InChI=1S/C31H32ClN3O8/c1-34(2)25-19-8-14-7-18-22(26(37)21(14)28(39)31(19,42)29(40)23(27(25)38)30(33)41)20(36)9-16(24(18)32)12-35-10-13-4-5-17(43-3)6-15(13)11-35/h4-6,9,14,19,21,23,25,36,42H,7-8,10-12H2,1-3H3,(H2,33,41). The molecule has 1 amide bonds. The van der Waals surface area contributed by atoms with Crippen molar-refractivity contribution >= 4 is 40.6 Å². The maximum Gasteiger partial charge on any atom is 0.235 e. The monoisotopic (exact) mass is 609 g/mol. The van der Waals surface area contributed by atoms with Crippen LogP contribution in [0.15, 0.2) is 24.3 Å². The molecule has 4 N–H and O–H groups in total. The Kier molecular flexibility index (Phi) is 7.00. The number of fused-ring (bicyclic) bond motifs is 4. The lowest BCUT2D eigenvalue weighted by atomic mass is 9.52. The van der Waals surface area contributed by atoms with Crippen LogP contribution in [0.25, 0.3) is 0 Å². The summed E-state index contributed by atoms with van der Waals surface area (Å²) in [5.74, 6) is -10.1. The fourth-order valence-corrected chi connectivity index (χ4v) is 8.03. The van der Waals surface area contributed by atoms with Crippen molar-refractivity contribution in [2.75, 3.05) is 21.2 Å². The maximum absolute atomic E-state index is 13.9. The number of rotatable bonds is 5. The van der Waals surface area contributed by atoms with Crippen LogP contribution in [0.3, 0.4) is 0 Å². The molecule has 1 aliphatic heterocycles. The Morgan fingerprint density at radius 2 is 1.84 bits per heavy atom. The number of hydrogen-bond donors (Lipinski definition) is 3. The number of nitrogens with two attached hydrogens (primary N) is 1. The number of methoxy groups -OCH3 is 1. The van der Waals surface area contributed by atoms with Gasteiger partial charge in [-0.05, 0) is 73.3 Å². The molecule has 6 atom stereocenters. The summed E-state index contributed by atoms with van der Waals surface area (Å²) in [6.45, 7) is 1.69. The average Bonchev–Trinajstić information content (AvgIpc) is 3.34. The molecule has 2 aromatic carbocycles.